The van der Waals surface area contributed by atoms with Crippen LogP contribution in [-0.4, -0.2) is 38.6 Å². The number of nitrogens with one attached hydrogen (secondary N) is 1. The second-order valence-corrected chi connectivity index (χ2v) is 6.94. The number of carbonyl (C=O) groups excluding carboxylic acids is 1. The minimum atomic E-state index is -3.98. The second kappa shape index (κ2) is 6.33. The first kappa shape index (κ1) is 16.6. The van der Waals surface area contributed by atoms with Crippen LogP contribution in [0.15, 0.2) is 16.3 Å². The van der Waals surface area contributed by atoms with E-state index in [1.807, 2.05) is 0 Å². The summed E-state index contributed by atoms with van der Waals surface area (Å²) >= 11 is 0.799. The van der Waals surface area contributed by atoms with Crippen LogP contribution in [0, 0.1) is 5.92 Å². The first-order chi connectivity index (χ1) is 9.19. The molecule has 2 N–H and O–H groups in total. The molecular weight excluding hydrogens is 306 g/mol. The van der Waals surface area contributed by atoms with Gasteiger partial charge in [0.15, 0.2) is 0 Å². The summed E-state index contributed by atoms with van der Waals surface area (Å²) in [6.45, 7) is 3.33. The lowest BCUT2D eigenvalue weighted by Gasteiger charge is -2.19. The van der Waals surface area contributed by atoms with E-state index in [0.717, 1.165) is 17.4 Å². The van der Waals surface area contributed by atoms with Gasteiger partial charge in [0.25, 0.3) is 0 Å². The van der Waals surface area contributed by atoms with E-state index in [1.54, 1.807) is 13.8 Å². The van der Waals surface area contributed by atoms with Crippen molar-refractivity contribution >= 4 is 33.3 Å². The highest BCUT2D eigenvalue weighted by Crippen LogP contribution is 2.20. The van der Waals surface area contributed by atoms with Gasteiger partial charge in [0, 0.05) is 5.38 Å². The van der Waals surface area contributed by atoms with E-state index in [9.17, 15) is 18.0 Å². The van der Waals surface area contributed by atoms with Gasteiger partial charge in [0.05, 0.1) is 12.0 Å². The first-order valence-electron chi connectivity index (χ1n) is 5.61. The third kappa shape index (κ3) is 3.78. The van der Waals surface area contributed by atoms with Crippen molar-refractivity contribution in [2.45, 2.75) is 24.8 Å². The van der Waals surface area contributed by atoms with Crippen molar-refractivity contribution in [3.8, 4) is 0 Å². The average molecular weight is 321 g/mol. The molecule has 1 aromatic rings. The van der Waals surface area contributed by atoms with E-state index in [0.29, 0.717) is 0 Å². The number of methoxy groups -OCH3 is 1. The van der Waals surface area contributed by atoms with Crippen molar-refractivity contribution < 1.29 is 27.9 Å². The number of carboxylic acid groups (broad SMARTS) is 1. The van der Waals surface area contributed by atoms with E-state index >= 15 is 0 Å². The first-order valence-corrected chi connectivity index (χ1v) is 7.97. The quantitative estimate of drug-likeness (QED) is 0.754. The van der Waals surface area contributed by atoms with Gasteiger partial charge in [0.2, 0.25) is 10.0 Å². The molecule has 0 saturated heterocycles. The van der Waals surface area contributed by atoms with Crippen molar-refractivity contribution in [2.24, 2.45) is 5.92 Å². The fraction of sp³-hybridized carbons (Fsp3) is 0.455. The molecule has 0 aliphatic rings. The lowest BCUT2D eigenvalue weighted by atomic mass is 10.1. The van der Waals surface area contributed by atoms with Gasteiger partial charge in [-0.15, -0.1) is 11.3 Å². The molecule has 112 valence electrons. The molecule has 7 nitrogen and oxygen atoms in total. The van der Waals surface area contributed by atoms with E-state index in [-0.39, 0.29) is 15.7 Å². The summed E-state index contributed by atoms with van der Waals surface area (Å²) in [4.78, 5) is 22.0. The summed E-state index contributed by atoms with van der Waals surface area (Å²) in [7, 11) is -2.81. The fourth-order valence-electron chi connectivity index (χ4n) is 1.39. The van der Waals surface area contributed by atoms with E-state index in [4.69, 9.17) is 5.11 Å². The lowest BCUT2D eigenvalue weighted by molar-refractivity contribution is -0.143. The monoisotopic (exact) mass is 321 g/mol. The Morgan fingerprint density at radius 2 is 2.00 bits per heavy atom. The van der Waals surface area contributed by atoms with Gasteiger partial charge in [0.1, 0.15) is 10.9 Å². The average Bonchev–Trinajstić information content (AvgIpc) is 2.85. The number of hydrogen-bond donors (Lipinski definition) is 2. The van der Waals surface area contributed by atoms with Crippen LogP contribution in [0.25, 0.3) is 0 Å². The van der Waals surface area contributed by atoms with Gasteiger partial charge in [-0.1, -0.05) is 13.8 Å². The van der Waals surface area contributed by atoms with Gasteiger partial charge in [-0.3, -0.25) is 4.79 Å². The molecule has 0 spiro atoms. The number of aromatic carboxylic acids is 1. The maximum atomic E-state index is 12.1. The molecule has 0 unspecified atom stereocenters. The zero-order chi connectivity index (χ0) is 15.5. The van der Waals surface area contributed by atoms with Crippen molar-refractivity contribution in [2.75, 3.05) is 7.11 Å². The molecule has 1 heterocycles. The van der Waals surface area contributed by atoms with E-state index < -0.39 is 28.0 Å². The molecule has 0 saturated carbocycles. The summed E-state index contributed by atoms with van der Waals surface area (Å²) in [5, 5.41) is 9.99. The van der Waals surface area contributed by atoms with Crippen LogP contribution in [0.1, 0.15) is 23.5 Å². The van der Waals surface area contributed by atoms with Crippen LogP contribution < -0.4 is 4.72 Å². The summed E-state index contributed by atoms with van der Waals surface area (Å²) in [6.07, 6.45) is 0. The summed E-state index contributed by atoms with van der Waals surface area (Å²) < 4.78 is 31.0. The SMILES string of the molecule is COC(=O)[C@@H](NS(=O)(=O)c1csc(C(=O)O)c1)C(C)C. The number of carboxylic acids is 1. The predicted octanol–water partition coefficient (Wildman–Crippen LogP) is 0.922. The molecule has 0 aliphatic heterocycles. The minimum absolute atomic E-state index is 0.0930. The van der Waals surface area contributed by atoms with Gasteiger partial charge in [-0.2, -0.15) is 4.72 Å². The Morgan fingerprint density at radius 1 is 1.40 bits per heavy atom. The molecular formula is C11H15NO6S2. The Kier molecular flexibility index (Phi) is 5.26. The van der Waals surface area contributed by atoms with Crippen molar-refractivity contribution in [1.29, 1.82) is 0 Å². The maximum absolute atomic E-state index is 12.1. The van der Waals surface area contributed by atoms with Crippen LogP contribution in [-0.2, 0) is 19.6 Å². The van der Waals surface area contributed by atoms with Crippen LogP contribution >= 0.6 is 11.3 Å². The molecule has 0 amide bonds. The van der Waals surface area contributed by atoms with Crippen LogP contribution in [0.4, 0.5) is 0 Å². The third-order valence-corrected chi connectivity index (χ3v) is 4.99. The summed E-state index contributed by atoms with van der Waals surface area (Å²) in [5.41, 5.74) is 0. The number of thiophene rings is 1. The zero-order valence-electron chi connectivity index (χ0n) is 11.1. The molecule has 0 bridgehead atoms. The van der Waals surface area contributed by atoms with Crippen LogP contribution in [0.5, 0.6) is 0 Å². The molecule has 0 radical (unpaired) electrons. The molecule has 1 aromatic heterocycles. The normalized spacial score (nSPS) is 13.2. The summed E-state index contributed by atoms with van der Waals surface area (Å²) in [6, 6.07) is 0.0162. The molecule has 0 aromatic carbocycles. The van der Waals surface area contributed by atoms with E-state index in [1.165, 1.54) is 12.5 Å². The largest absolute Gasteiger partial charge is 0.477 e. The highest BCUT2D eigenvalue weighted by molar-refractivity contribution is 7.89. The van der Waals surface area contributed by atoms with Gasteiger partial charge >= 0.3 is 11.9 Å². The van der Waals surface area contributed by atoms with Crippen LogP contribution in [0.3, 0.4) is 0 Å². The van der Waals surface area contributed by atoms with Gasteiger partial charge < -0.3 is 9.84 Å². The molecule has 0 fully saturated rings. The smallest absolute Gasteiger partial charge is 0.345 e. The molecule has 1 atom stereocenters. The highest BCUT2D eigenvalue weighted by atomic mass is 32.2. The summed E-state index contributed by atoms with van der Waals surface area (Å²) in [5.74, 6) is -2.21. The predicted molar refractivity (Wildman–Crippen MR) is 72.2 cm³/mol. The number of carbonyl (C=O) groups is 2. The fourth-order valence-corrected chi connectivity index (χ4v) is 3.83. The third-order valence-electron chi connectivity index (χ3n) is 2.50. The lowest BCUT2D eigenvalue weighted by Crippen LogP contribution is -2.44. The Morgan fingerprint density at radius 3 is 2.40 bits per heavy atom. The number of sulfonamides is 1. The zero-order valence-corrected chi connectivity index (χ0v) is 12.7. The Labute approximate surface area is 120 Å². The van der Waals surface area contributed by atoms with Crippen LogP contribution in [0.2, 0.25) is 0 Å². The highest BCUT2D eigenvalue weighted by Gasteiger charge is 2.29. The second-order valence-electron chi connectivity index (χ2n) is 4.32. The topological polar surface area (TPSA) is 110 Å². The van der Waals surface area contributed by atoms with Crippen molar-refractivity contribution in [1.82, 2.24) is 4.72 Å². The Balaban J connectivity index is 3.03. The van der Waals surface area contributed by atoms with Crippen molar-refractivity contribution in [3.63, 3.8) is 0 Å². The molecule has 0 aliphatic carbocycles. The maximum Gasteiger partial charge on any atom is 0.345 e. The number of rotatable bonds is 6. The van der Waals surface area contributed by atoms with E-state index in [2.05, 4.69) is 9.46 Å². The van der Waals surface area contributed by atoms with Crippen molar-refractivity contribution in [3.05, 3.63) is 16.3 Å². The minimum Gasteiger partial charge on any atom is -0.477 e. The Hall–Kier alpha value is -1.45. The van der Waals surface area contributed by atoms with Gasteiger partial charge in [-0.25, -0.2) is 13.2 Å². The number of hydrogen-bond acceptors (Lipinski definition) is 6. The molecule has 9 heteroatoms. The standard InChI is InChI=1S/C11H15NO6S2/c1-6(2)9(11(15)18-3)12-20(16,17)7-4-8(10(13)14)19-5-7/h4-6,9,12H,1-3H3,(H,13,14)/t9-/m0/s1. The molecule has 1 rings (SSSR count). The molecule has 20 heavy (non-hydrogen) atoms. The Bertz CT molecular complexity index is 604. The van der Waals surface area contributed by atoms with Gasteiger partial charge in [-0.05, 0) is 12.0 Å². The number of ether oxygens (including phenoxy) is 1. The number of esters is 1.